The Morgan fingerprint density at radius 2 is 1.18 bits per heavy atom. The van der Waals surface area contributed by atoms with Crippen LogP contribution in [0.2, 0.25) is 0 Å². The molecule has 5 nitrogen and oxygen atoms in total. The minimum atomic E-state index is -3.75. The van der Waals surface area contributed by atoms with E-state index >= 15 is 0 Å². The van der Waals surface area contributed by atoms with Crippen molar-refractivity contribution in [2.45, 2.75) is 27.7 Å². The minimum absolute atomic E-state index is 0.694. The second-order valence-corrected chi connectivity index (χ2v) is 9.94. The van der Waals surface area contributed by atoms with Crippen molar-refractivity contribution < 1.29 is 14.1 Å². The van der Waals surface area contributed by atoms with Crippen LogP contribution in [0, 0.1) is 0 Å². The van der Waals surface area contributed by atoms with Crippen molar-refractivity contribution in [2.24, 2.45) is 0 Å². The highest BCUT2D eigenvalue weighted by Gasteiger charge is 2.35. The first kappa shape index (κ1) is 18.1. The van der Waals surface area contributed by atoms with Gasteiger partial charge in [-0.25, -0.2) is 13.7 Å². The molecule has 0 saturated carbocycles. The summed E-state index contributed by atoms with van der Waals surface area (Å²) in [5.41, 5.74) is 0. The second kappa shape index (κ2) is 7.63. The van der Waals surface area contributed by atoms with E-state index in [0.717, 1.165) is 0 Å². The molecule has 0 aliphatic carbocycles. The van der Waals surface area contributed by atoms with Crippen LogP contribution in [0.3, 0.4) is 0 Å². The van der Waals surface area contributed by atoms with Crippen molar-refractivity contribution in [1.82, 2.24) is 9.34 Å². The number of nitrogens with zero attached hydrogens (tertiary/aromatic N) is 2. The molecule has 0 aromatic carbocycles. The Hall–Kier alpha value is 1.10. The topological polar surface area (TPSA) is 56.2 Å². The van der Waals surface area contributed by atoms with Crippen molar-refractivity contribution in [3.8, 4) is 0 Å². The largest absolute Gasteiger partial charge is 0.327 e. The molecule has 104 valence electrons. The van der Waals surface area contributed by atoms with E-state index in [4.69, 9.17) is 16.1 Å². The van der Waals surface area contributed by atoms with E-state index in [1.54, 1.807) is 0 Å². The summed E-state index contributed by atoms with van der Waals surface area (Å²) in [6.07, 6.45) is 0. The molecule has 0 atom stereocenters. The lowest BCUT2D eigenvalue weighted by Gasteiger charge is -2.40. The van der Waals surface area contributed by atoms with Crippen LogP contribution in [0.4, 0.5) is 0 Å². The summed E-state index contributed by atoms with van der Waals surface area (Å²) in [6.45, 7) is 4.28. The van der Waals surface area contributed by atoms with Crippen LogP contribution in [-0.2, 0) is 27.9 Å². The Balaban J connectivity index is 5.33. The van der Waals surface area contributed by atoms with Crippen molar-refractivity contribution in [2.75, 3.05) is 26.2 Å². The van der Waals surface area contributed by atoms with E-state index in [1.807, 2.05) is 37.0 Å². The summed E-state index contributed by atoms with van der Waals surface area (Å²) in [6, 6.07) is 0. The molecule has 0 bridgehead atoms. The van der Waals surface area contributed by atoms with Crippen molar-refractivity contribution in [3.05, 3.63) is 0 Å². The number of hydrogen-bond acceptors (Lipinski definition) is 3. The highest BCUT2D eigenvalue weighted by atomic mass is 32.5. The van der Waals surface area contributed by atoms with Crippen LogP contribution in [0.15, 0.2) is 0 Å². The molecule has 0 aliphatic rings. The summed E-state index contributed by atoms with van der Waals surface area (Å²) in [5, 5.41) is 0. The van der Waals surface area contributed by atoms with Gasteiger partial charge in [0.2, 0.25) is 6.57 Å². The van der Waals surface area contributed by atoms with Gasteiger partial charge in [0.15, 0.2) is 0 Å². The SMILES string of the molecule is CCN(CC)P(=S)(OP(O)(O)=S)N(CC)CC. The van der Waals surface area contributed by atoms with Crippen molar-refractivity contribution in [3.63, 3.8) is 0 Å². The first-order chi connectivity index (χ1) is 7.75. The van der Waals surface area contributed by atoms with Crippen LogP contribution in [-0.4, -0.2) is 45.3 Å². The Labute approximate surface area is 114 Å². The smallest absolute Gasteiger partial charge is 0.324 e. The molecular formula is C8H22N2O3P2S2. The maximum Gasteiger partial charge on any atom is 0.327 e. The van der Waals surface area contributed by atoms with E-state index in [2.05, 4.69) is 11.8 Å². The average Bonchev–Trinajstić information content (AvgIpc) is 2.18. The molecule has 0 aromatic heterocycles. The zero-order chi connectivity index (χ0) is 13.7. The predicted molar refractivity (Wildman–Crippen MR) is 79.9 cm³/mol. The summed E-state index contributed by atoms with van der Waals surface area (Å²) in [5.74, 6) is 0. The first-order valence-corrected chi connectivity index (χ1v) is 10.9. The van der Waals surface area contributed by atoms with E-state index in [-0.39, 0.29) is 0 Å². The Morgan fingerprint density at radius 3 is 1.35 bits per heavy atom. The van der Waals surface area contributed by atoms with E-state index in [0.29, 0.717) is 26.2 Å². The third-order valence-electron chi connectivity index (χ3n) is 2.39. The zero-order valence-electron chi connectivity index (χ0n) is 10.7. The van der Waals surface area contributed by atoms with Gasteiger partial charge in [0, 0.05) is 26.2 Å². The maximum absolute atomic E-state index is 9.40. The second-order valence-electron chi connectivity index (χ2n) is 3.34. The minimum Gasteiger partial charge on any atom is -0.324 e. The summed E-state index contributed by atoms with van der Waals surface area (Å²) in [4.78, 5) is 18.8. The van der Waals surface area contributed by atoms with Gasteiger partial charge < -0.3 is 9.79 Å². The fraction of sp³-hybridized carbons (Fsp3) is 1.00. The third kappa shape index (κ3) is 5.31. The molecular weight excluding hydrogens is 298 g/mol. The fourth-order valence-corrected chi connectivity index (χ4v) is 8.74. The average molecular weight is 320 g/mol. The highest BCUT2D eigenvalue weighted by molar-refractivity contribution is 8.15. The molecule has 0 heterocycles. The standard InChI is InChI=1S/C8H22N2O3P2S2/c1-5-9(6-2)14(16,10(7-3)8-4)13-15(11,12)17/h5-8H2,1-4H3,(H2,11,12,17). The monoisotopic (exact) mass is 320 g/mol. The molecule has 9 heteroatoms. The molecule has 0 spiro atoms. The van der Waals surface area contributed by atoms with Gasteiger partial charge in [0.1, 0.15) is 0 Å². The lowest BCUT2D eigenvalue weighted by molar-refractivity contribution is 0.319. The summed E-state index contributed by atoms with van der Waals surface area (Å²) in [7, 11) is 0. The number of hydrogen-bond donors (Lipinski definition) is 2. The fourth-order valence-electron chi connectivity index (χ4n) is 1.58. The number of rotatable bonds is 8. The van der Waals surface area contributed by atoms with Crippen LogP contribution in [0.5, 0.6) is 0 Å². The normalized spacial score (nSPS) is 13.6. The zero-order valence-corrected chi connectivity index (χ0v) is 14.2. The van der Waals surface area contributed by atoms with Gasteiger partial charge in [-0.05, 0) is 23.6 Å². The highest BCUT2D eigenvalue weighted by Crippen LogP contribution is 2.64. The molecule has 0 aromatic rings. The van der Waals surface area contributed by atoms with E-state index in [1.165, 1.54) is 0 Å². The molecule has 0 saturated heterocycles. The van der Waals surface area contributed by atoms with Crippen LogP contribution in [0.25, 0.3) is 0 Å². The summed E-state index contributed by atoms with van der Waals surface area (Å²) >= 11 is 10.1. The molecule has 0 amide bonds. The van der Waals surface area contributed by atoms with Crippen LogP contribution < -0.4 is 0 Å². The molecule has 0 aliphatic heterocycles. The van der Waals surface area contributed by atoms with Crippen LogP contribution >= 0.6 is 13.3 Å². The molecule has 0 rings (SSSR count). The predicted octanol–water partition coefficient (Wildman–Crippen LogP) is 2.12. The quantitative estimate of drug-likeness (QED) is 0.664. The lowest BCUT2D eigenvalue weighted by Crippen LogP contribution is -2.32. The molecule has 17 heavy (non-hydrogen) atoms. The molecule has 0 radical (unpaired) electrons. The molecule has 0 fully saturated rings. The van der Waals surface area contributed by atoms with Gasteiger partial charge >= 0.3 is 6.72 Å². The van der Waals surface area contributed by atoms with Gasteiger partial charge in [-0.15, -0.1) is 0 Å². The Morgan fingerprint density at radius 1 is 0.882 bits per heavy atom. The van der Waals surface area contributed by atoms with Gasteiger partial charge in [-0.3, -0.25) is 0 Å². The first-order valence-electron chi connectivity index (χ1n) is 5.62. The Bertz CT molecular complexity index is 300. The third-order valence-corrected chi connectivity index (χ3v) is 9.24. The van der Waals surface area contributed by atoms with E-state index < -0.39 is 13.3 Å². The van der Waals surface area contributed by atoms with Gasteiger partial charge in [0.25, 0.3) is 0 Å². The van der Waals surface area contributed by atoms with Crippen molar-refractivity contribution >= 4 is 36.9 Å². The summed E-state index contributed by atoms with van der Waals surface area (Å²) < 4.78 is 9.22. The molecule has 0 unspecified atom stereocenters. The van der Waals surface area contributed by atoms with Crippen LogP contribution in [0.1, 0.15) is 27.7 Å². The van der Waals surface area contributed by atoms with E-state index in [9.17, 15) is 9.79 Å². The van der Waals surface area contributed by atoms with Crippen molar-refractivity contribution in [1.29, 1.82) is 0 Å². The van der Waals surface area contributed by atoms with Gasteiger partial charge in [-0.1, -0.05) is 27.7 Å². The van der Waals surface area contributed by atoms with Gasteiger partial charge in [0.05, 0.1) is 0 Å². The van der Waals surface area contributed by atoms with Gasteiger partial charge in [-0.2, -0.15) is 0 Å². The maximum atomic E-state index is 9.40. The molecule has 2 N–H and O–H groups in total. The lowest BCUT2D eigenvalue weighted by atomic mass is 10.7. The Kier molecular flexibility index (Phi) is 8.13.